The van der Waals surface area contributed by atoms with Gasteiger partial charge in [-0.05, 0) is 11.6 Å². The van der Waals surface area contributed by atoms with Crippen LogP contribution in [0.15, 0.2) is 30.5 Å². The molecule has 1 aromatic carbocycles. The number of ether oxygens (including phenoxy) is 2. The number of rotatable bonds is 3. The van der Waals surface area contributed by atoms with Gasteiger partial charge in [0.05, 0.1) is 12.1 Å². The van der Waals surface area contributed by atoms with E-state index in [1.807, 2.05) is 24.3 Å². The van der Waals surface area contributed by atoms with Crippen molar-refractivity contribution in [3.8, 4) is 0 Å². The van der Waals surface area contributed by atoms with E-state index in [1.54, 1.807) is 6.20 Å². The third kappa shape index (κ3) is 1.79. The number of esters is 1. The molecule has 24 heavy (non-hydrogen) atoms. The van der Waals surface area contributed by atoms with Crippen LogP contribution in [-0.2, 0) is 20.7 Å². The zero-order chi connectivity index (χ0) is 17.1. The minimum Gasteiger partial charge on any atom is -0.451 e. The normalized spacial score (nSPS) is 35.2. The van der Waals surface area contributed by atoms with Crippen LogP contribution in [0.1, 0.15) is 5.56 Å². The molecular formula is C16H17NO7. The van der Waals surface area contributed by atoms with Gasteiger partial charge in [0.15, 0.2) is 6.10 Å². The molecule has 4 rings (SSSR count). The molecule has 3 N–H and O–H groups in total. The minimum atomic E-state index is -2.32. The maximum absolute atomic E-state index is 12.2. The second-order valence-corrected chi connectivity index (χ2v) is 6.12. The molecule has 2 aromatic rings. The first-order valence-corrected chi connectivity index (χ1v) is 7.52. The average Bonchev–Trinajstić information content (AvgIpc) is 3.14. The topological polar surface area (TPSA) is 110 Å². The number of carbonyl (C=O) groups excluding carboxylic acids is 1. The number of hydrogen-bond acceptors (Lipinski definition) is 7. The van der Waals surface area contributed by atoms with Gasteiger partial charge in [0, 0.05) is 18.0 Å². The van der Waals surface area contributed by atoms with Crippen LogP contribution in [-0.4, -0.2) is 63.3 Å². The molecule has 128 valence electrons. The van der Waals surface area contributed by atoms with Gasteiger partial charge in [-0.15, -0.1) is 0 Å². The van der Waals surface area contributed by atoms with Gasteiger partial charge in [-0.3, -0.25) is 0 Å². The first-order chi connectivity index (χ1) is 11.4. The molecule has 0 bridgehead atoms. The SMILES string of the molecule is COn1cc(C[C@@]2(O)C(=O)O[C@H]3[C@@H](O)CO[C@@]32O)c2ccccc21. The third-order valence-corrected chi connectivity index (χ3v) is 4.78. The van der Waals surface area contributed by atoms with Crippen LogP contribution in [0, 0.1) is 0 Å². The molecule has 0 amide bonds. The molecule has 2 aliphatic rings. The van der Waals surface area contributed by atoms with Crippen LogP contribution in [0.5, 0.6) is 0 Å². The first kappa shape index (κ1) is 15.4. The fourth-order valence-electron chi connectivity index (χ4n) is 3.50. The lowest BCUT2D eigenvalue weighted by molar-refractivity contribution is -0.262. The van der Waals surface area contributed by atoms with E-state index >= 15 is 0 Å². The van der Waals surface area contributed by atoms with Crippen molar-refractivity contribution in [2.45, 2.75) is 30.0 Å². The zero-order valence-corrected chi connectivity index (χ0v) is 12.9. The van der Waals surface area contributed by atoms with Crippen molar-refractivity contribution in [2.24, 2.45) is 0 Å². The Morgan fingerprint density at radius 3 is 2.88 bits per heavy atom. The summed E-state index contributed by atoms with van der Waals surface area (Å²) in [4.78, 5) is 17.5. The first-order valence-electron chi connectivity index (χ1n) is 7.52. The Morgan fingerprint density at radius 1 is 1.38 bits per heavy atom. The lowest BCUT2D eigenvalue weighted by Crippen LogP contribution is -2.59. The van der Waals surface area contributed by atoms with Crippen LogP contribution in [0.3, 0.4) is 0 Å². The Bertz CT molecular complexity index is 818. The Labute approximate surface area is 136 Å². The maximum Gasteiger partial charge on any atom is 0.344 e. The van der Waals surface area contributed by atoms with Crippen molar-refractivity contribution < 1.29 is 34.4 Å². The Hall–Kier alpha value is -2.13. The molecule has 0 aliphatic carbocycles. The molecule has 0 unspecified atom stereocenters. The number of benzene rings is 1. The quantitative estimate of drug-likeness (QED) is 0.616. The summed E-state index contributed by atoms with van der Waals surface area (Å²) in [6.07, 6.45) is -1.13. The summed E-state index contributed by atoms with van der Waals surface area (Å²) in [6, 6.07) is 7.29. The lowest BCUT2D eigenvalue weighted by Gasteiger charge is -2.31. The predicted molar refractivity (Wildman–Crippen MR) is 79.9 cm³/mol. The number of para-hydroxylation sites is 1. The van der Waals surface area contributed by atoms with Gasteiger partial charge >= 0.3 is 5.97 Å². The van der Waals surface area contributed by atoms with Gasteiger partial charge in [-0.25, -0.2) is 4.79 Å². The fraction of sp³-hybridized carbons (Fsp3) is 0.438. The summed E-state index contributed by atoms with van der Waals surface area (Å²) in [5, 5.41) is 32.1. The van der Waals surface area contributed by atoms with E-state index in [-0.39, 0.29) is 13.0 Å². The van der Waals surface area contributed by atoms with E-state index in [0.29, 0.717) is 5.56 Å². The predicted octanol–water partition coefficient (Wildman–Crippen LogP) is -1.02. The van der Waals surface area contributed by atoms with Crippen LogP contribution in [0.4, 0.5) is 0 Å². The lowest BCUT2D eigenvalue weighted by atomic mass is 9.85. The smallest absolute Gasteiger partial charge is 0.344 e. The molecule has 4 atom stereocenters. The molecule has 1 aromatic heterocycles. The van der Waals surface area contributed by atoms with Gasteiger partial charge in [-0.1, -0.05) is 18.2 Å². The maximum atomic E-state index is 12.2. The molecule has 2 saturated heterocycles. The Balaban J connectivity index is 1.79. The number of aliphatic hydroxyl groups is 3. The number of hydrogen-bond donors (Lipinski definition) is 3. The van der Waals surface area contributed by atoms with Gasteiger partial charge in [0.2, 0.25) is 11.4 Å². The van der Waals surface area contributed by atoms with E-state index in [4.69, 9.17) is 14.3 Å². The van der Waals surface area contributed by atoms with Crippen LogP contribution in [0.2, 0.25) is 0 Å². The summed E-state index contributed by atoms with van der Waals surface area (Å²) in [7, 11) is 1.49. The molecule has 2 fully saturated rings. The van der Waals surface area contributed by atoms with Gasteiger partial charge in [-0.2, -0.15) is 4.73 Å². The minimum absolute atomic E-state index is 0.226. The Morgan fingerprint density at radius 2 is 2.12 bits per heavy atom. The molecule has 2 aliphatic heterocycles. The largest absolute Gasteiger partial charge is 0.451 e. The van der Waals surface area contributed by atoms with Crippen LogP contribution in [0.25, 0.3) is 10.9 Å². The summed E-state index contributed by atoms with van der Waals surface area (Å²) >= 11 is 0. The van der Waals surface area contributed by atoms with Gasteiger partial charge in [0.1, 0.15) is 13.2 Å². The van der Waals surface area contributed by atoms with Gasteiger partial charge < -0.3 is 29.6 Å². The molecule has 3 heterocycles. The van der Waals surface area contributed by atoms with Crippen molar-refractivity contribution in [3.05, 3.63) is 36.0 Å². The monoisotopic (exact) mass is 335 g/mol. The number of aromatic nitrogens is 1. The molecule has 0 spiro atoms. The zero-order valence-electron chi connectivity index (χ0n) is 12.9. The average molecular weight is 335 g/mol. The van der Waals surface area contributed by atoms with Crippen LogP contribution < -0.4 is 4.84 Å². The molecular weight excluding hydrogens is 318 g/mol. The van der Waals surface area contributed by atoms with Crippen molar-refractivity contribution in [2.75, 3.05) is 13.7 Å². The molecule has 0 radical (unpaired) electrons. The second-order valence-electron chi connectivity index (χ2n) is 6.12. The van der Waals surface area contributed by atoms with E-state index < -0.39 is 29.6 Å². The molecule has 8 nitrogen and oxygen atoms in total. The molecule has 0 saturated carbocycles. The summed E-state index contributed by atoms with van der Waals surface area (Å²) in [5.74, 6) is -3.32. The summed E-state index contributed by atoms with van der Waals surface area (Å²) in [6.45, 7) is -0.226. The standard InChI is InChI=1S/C16H17NO7/c1-22-17-7-9(10-4-2-3-5-11(10)17)6-15(20)14(19)24-13-12(18)8-23-16(13,15)21/h2-5,7,12-13,18,20-21H,6,8H2,1H3/t12-,13-,15+,16-/m0/s1. The highest BCUT2D eigenvalue weighted by Crippen LogP contribution is 2.45. The number of nitrogens with zero attached hydrogens (tertiary/aromatic N) is 1. The number of carbonyl (C=O) groups is 1. The highest BCUT2D eigenvalue weighted by atomic mass is 16.7. The fourth-order valence-corrected chi connectivity index (χ4v) is 3.50. The van der Waals surface area contributed by atoms with E-state index in [9.17, 15) is 20.1 Å². The van der Waals surface area contributed by atoms with Crippen LogP contribution >= 0.6 is 0 Å². The molecule has 8 heteroatoms. The van der Waals surface area contributed by atoms with E-state index in [2.05, 4.69) is 0 Å². The van der Waals surface area contributed by atoms with E-state index in [0.717, 1.165) is 10.9 Å². The van der Waals surface area contributed by atoms with Crippen molar-refractivity contribution in [1.82, 2.24) is 4.73 Å². The highest BCUT2D eigenvalue weighted by Gasteiger charge is 2.73. The Kier molecular flexibility index (Phi) is 3.17. The number of fused-ring (bicyclic) bond motifs is 2. The number of aliphatic hydroxyl groups excluding tert-OH is 1. The summed E-state index contributed by atoms with van der Waals surface area (Å²) < 4.78 is 11.6. The second kappa shape index (κ2) is 4.93. The van der Waals surface area contributed by atoms with Gasteiger partial charge in [0.25, 0.3) is 0 Å². The highest BCUT2D eigenvalue weighted by molar-refractivity contribution is 5.88. The summed E-state index contributed by atoms with van der Waals surface area (Å²) in [5.41, 5.74) is -0.996. The van der Waals surface area contributed by atoms with Crippen molar-refractivity contribution in [1.29, 1.82) is 0 Å². The van der Waals surface area contributed by atoms with Crippen molar-refractivity contribution in [3.63, 3.8) is 0 Å². The third-order valence-electron chi connectivity index (χ3n) is 4.78. The van der Waals surface area contributed by atoms with Crippen molar-refractivity contribution >= 4 is 16.9 Å². The van der Waals surface area contributed by atoms with E-state index in [1.165, 1.54) is 11.8 Å².